The molecular weight excluding hydrogens is 270 g/mol. The highest BCUT2D eigenvalue weighted by atomic mass is 32.1. The van der Waals surface area contributed by atoms with Gasteiger partial charge in [-0.1, -0.05) is 0 Å². The first-order valence-electron chi connectivity index (χ1n) is 6.42. The second-order valence-electron chi connectivity index (χ2n) is 4.43. The van der Waals surface area contributed by atoms with E-state index in [9.17, 15) is 0 Å². The van der Waals surface area contributed by atoms with Crippen LogP contribution in [0.2, 0.25) is 0 Å². The van der Waals surface area contributed by atoms with Crippen molar-refractivity contribution >= 4 is 11.3 Å². The van der Waals surface area contributed by atoms with Gasteiger partial charge in [0, 0.05) is 23.3 Å². The number of aromatic nitrogens is 3. The van der Waals surface area contributed by atoms with Crippen molar-refractivity contribution in [3.8, 4) is 17.0 Å². The van der Waals surface area contributed by atoms with Crippen LogP contribution in [0.25, 0.3) is 11.3 Å². The molecule has 20 heavy (non-hydrogen) atoms. The smallest absolute Gasteiger partial charge is 0.119 e. The Hall–Kier alpha value is -2.14. The number of nitrogens with zero attached hydrogens (tertiary/aromatic N) is 3. The lowest BCUT2D eigenvalue weighted by Gasteiger charge is -2.07. The fraction of sp³-hybridized carbons (Fsp3) is 0.200. The summed E-state index contributed by atoms with van der Waals surface area (Å²) in [5, 5.41) is 3.16. The molecule has 1 aromatic carbocycles. The highest BCUT2D eigenvalue weighted by Crippen LogP contribution is 2.23. The fourth-order valence-electron chi connectivity index (χ4n) is 1.91. The SMILES string of the molecule is Cc1nc(-c2ccc(OCCn3ccnc3)cc2)cs1. The molecule has 0 saturated heterocycles. The summed E-state index contributed by atoms with van der Waals surface area (Å²) in [7, 11) is 0. The first-order chi connectivity index (χ1) is 9.81. The average molecular weight is 285 g/mol. The first-order valence-corrected chi connectivity index (χ1v) is 7.30. The molecule has 0 saturated carbocycles. The molecule has 0 radical (unpaired) electrons. The van der Waals surface area contributed by atoms with Crippen molar-refractivity contribution in [1.29, 1.82) is 0 Å². The Labute approximate surface area is 121 Å². The Morgan fingerprint density at radius 2 is 2.10 bits per heavy atom. The molecule has 0 atom stereocenters. The summed E-state index contributed by atoms with van der Waals surface area (Å²) in [6.07, 6.45) is 5.48. The molecule has 0 spiro atoms. The van der Waals surface area contributed by atoms with Crippen LogP contribution >= 0.6 is 11.3 Å². The second-order valence-corrected chi connectivity index (χ2v) is 5.49. The molecule has 0 fully saturated rings. The van der Waals surface area contributed by atoms with E-state index in [0.29, 0.717) is 6.61 Å². The largest absolute Gasteiger partial charge is 0.492 e. The summed E-state index contributed by atoms with van der Waals surface area (Å²) in [6.45, 7) is 3.44. The molecule has 5 heteroatoms. The minimum Gasteiger partial charge on any atom is -0.492 e. The highest BCUT2D eigenvalue weighted by molar-refractivity contribution is 7.09. The molecule has 0 unspecified atom stereocenters. The van der Waals surface area contributed by atoms with E-state index in [2.05, 4.69) is 15.3 Å². The van der Waals surface area contributed by atoms with Crippen LogP contribution in [-0.4, -0.2) is 21.1 Å². The van der Waals surface area contributed by atoms with Gasteiger partial charge in [0.2, 0.25) is 0 Å². The van der Waals surface area contributed by atoms with Gasteiger partial charge in [-0.3, -0.25) is 0 Å². The van der Waals surface area contributed by atoms with Gasteiger partial charge in [0.05, 0.1) is 23.6 Å². The van der Waals surface area contributed by atoms with Gasteiger partial charge in [0.15, 0.2) is 0 Å². The molecule has 0 aliphatic heterocycles. The van der Waals surface area contributed by atoms with E-state index in [-0.39, 0.29) is 0 Å². The quantitative estimate of drug-likeness (QED) is 0.721. The van der Waals surface area contributed by atoms with E-state index in [4.69, 9.17) is 4.74 Å². The van der Waals surface area contributed by atoms with Crippen molar-refractivity contribution in [3.63, 3.8) is 0 Å². The van der Waals surface area contributed by atoms with Crippen molar-refractivity contribution < 1.29 is 4.74 Å². The van der Waals surface area contributed by atoms with Crippen molar-refractivity contribution in [2.45, 2.75) is 13.5 Å². The van der Waals surface area contributed by atoms with E-state index < -0.39 is 0 Å². The summed E-state index contributed by atoms with van der Waals surface area (Å²) < 4.78 is 7.70. The number of thiazole rings is 1. The molecule has 4 nitrogen and oxygen atoms in total. The molecule has 0 aliphatic carbocycles. The second kappa shape index (κ2) is 5.88. The van der Waals surface area contributed by atoms with Crippen LogP contribution in [0.4, 0.5) is 0 Å². The Morgan fingerprint density at radius 1 is 1.25 bits per heavy atom. The van der Waals surface area contributed by atoms with E-state index in [1.807, 2.05) is 42.0 Å². The number of hydrogen-bond acceptors (Lipinski definition) is 4. The van der Waals surface area contributed by atoms with Crippen LogP contribution in [-0.2, 0) is 6.54 Å². The van der Waals surface area contributed by atoms with Crippen molar-refractivity contribution in [3.05, 3.63) is 53.4 Å². The monoisotopic (exact) mass is 285 g/mol. The highest BCUT2D eigenvalue weighted by Gasteiger charge is 2.02. The van der Waals surface area contributed by atoms with E-state index in [0.717, 1.165) is 28.6 Å². The molecule has 2 aromatic heterocycles. The normalized spacial score (nSPS) is 10.7. The van der Waals surface area contributed by atoms with Gasteiger partial charge in [-0.2, -0.15) is 0 Å². The summed E-state index contributed by atoms with van der Waals surface area (Å²) in [4.78, 5) is 8.47. The minimum atomic E-state index is 0.630. The molecule has 0 aliphatic rings. The van der Waals surface area contributed by atoms with Gasteiger partial charge in [-0.15, -0.1) is 11.3 Å². The third-order valence-corrected chi connectivity index (χ3v) is 3.72. The van der Waals surface area contributed by atoms with Crippen LogP contribution in [0.1, 0.15) is 5.01 Å². The third-order valence-electron chi connectivity index (χ3n) is 2.95. The Morgan fingerprint density at radius 3 is 2.75 bits per heavy atom. The lowest BCUT2D eigenvalue weighted by molar-refractivity contribution is 0.298. The van der Waals surface area contributed by atoms with Crippen LogP contribution in [0.5, 0.6) is 5.75 Å². The maximum Gasteiger partial charge on any atom is 0.119 e. The maximum absolute atomic E-state index is 5.71. The Balaban J connectivity index is 1.58. The summed E-state index contributed by atoms with van der Waals surface area (Å²) in [5.74, 6) is 0.876. The number of imidazole rings is 1. The zero-order chi connectivity index (χ0) is 13.8. The summed E-state index contributed by atoms with van der Waals surface area (Å²) in [5.41, 5.74) is 2.15. The Bertz CT molecular complexity index is 659. The van der Waals surface area contributed by atoms with Crippen LogP contribution in [0, 0.1) is 6.92 Å². The summed E-state index contributed by atoms with van der Waals surface area (Å²) in [6, 6.07) is 8.05. The van der Waals surface area contributed by atoms with E-state index >= 15 is 0 Å². The van der Waals surface area contributed by atoms with Gasteiger partial charge in [0.25, 0.3) is 0 Å². The van der Waals surface area contributed by atoms with Gasteiger partial charge < -0.3 is 9.30 Å². The van der Waals surface area contributed by atoms with Crippen LogP contribution in [0.3, 0.4) is 0 Å². The Kier molecular flexibility index (Phi) is 3.78. The number of rotatable bonds is 5. The van der Waals surface area contributed by atoms with Crippen LogP contribution < -0.4 is 4.74 Å². The number of aryl methyl sites for hydroxylation is 1. The van der Waals surface area contributed by atoms with Crippen molar-refractivity contribution in [1.82, 2.24) is 14.5 Å². The molecule has 0 bridgehead atoms. The molecule has 3 aromatic rings. The maximum atomic E-state index is 5.71. The standard InChI is InChI=1S/C15H15N3OS/c1-12-17-15(10-20-12)13-2-4-14(5-3-13)19-9-8-18-7-6-16-11-18/h2-7,10-11H,8-9H2,1H3. The van der Waals surface area contributed by atoms with Gasteiger partial charge in [-0.25, -0.2) is 9.97 Å². The molecule has 0 N–H and O–H groups in total. The van der Waals surface area contributed by atoms with Crippen molar-refractivity contribution in [2.24, 2.45) is 0 Å². The average Bonchev–Trinajstić information content (AvgIpc) is 3.11. The topological polar surface area (TPSA) is 39.9 Å². The molecule has 102 valence electrons. The van der Waals surface area contributed by atoms with Crippen LogP contribution in [0.15, 0.2) is 48.4 Å². The summed E-state index contributed by atoms with van der Waals surface area (Å²) >= 11 is 1.66. The van der Waals surface area contributed by atoms with Crippen molar-refractivity contribution in [2.75, 3.05) is 6.61 Å². The third kappa shape index (κ3) is 3.05. The number of ether oxygens (including phenoxy) is 1. The lowest BCUT2D eigenvalue weighted by atomic mass is 10.2. The molecule has 0 amide bonds. The minimum absolute atomic E-state index is 0.630. The zero-order valence-corrected chi connectivity index (χ0v) is 12.0. The van der Waals surface area contributed by atoms with Gasteiger partial charge in [0.1, 0.15) is 12.4 Å². The first kappa shape index (κ1) is 12.9. The molecular formula is C15H15N3OS. The predicted molar refractivity (Wildman–Crippen MR) is 80.0 cm³/mol. The van der Waals surface area contributed by atoms with E-state index in [1.54, 1.807) is 23.9 Å². The van der Waals surface area contributed by atoms with E-state index in [1.165, 1.54) is 0 Å². The van der Waals surface area contributed by atoms with Gasteiger partial charge in [-0.05, 0) is 31.2 Å². The zero-order valence-electron chi connectivity index (χ0n) is 11.2. The molecule has 3 rings (SSSR count). The lowest BCUT2D eigenvalue weighted by Crippen LogP contribution is -2.06. The van der Waals surface area contributed by atoms with Gasteiger partial charge >= 0.3 is 0 Å². The number of benzene rings is 1. The fourth-order valence-corrected chi connectivity index (χ4v) is 2.53. The molecule has 2 heterocycles. The number of hydrogen-bond donors (Lipinski definition) is 0. The predicted octanol–water partition coefficient (Wildman–Crippen LogP) is 3.39.